The normalized spacial score (nSPS) is 11.5. The second kappa shape index (κ2) is 18.4. The molecular weight excluding hydrogens is 745 g/mol. The van der Waals surface area contributed by atoms with Crippen molar-refractivity contribution in [2.75, 3.05) is 19.8 Å². The first kappa shape index (κ1) is 39.9. The van der Waals surface area contributed by atoms with Gasteiger partial charge in [-0.3, -0.25) is 0 Å². The number of rotatable bonds is 16. The molecule has 0 heterocycles. The van der Waals surface area contributed by atoms with Crippen LogP contribution in [0.1, 0.15) is 59.3 Å². The van der Waals surface area contributed by atoms with Crippen molar-refractivity contribution in [3.63, 3.8) is 0 Å². The summed E-state index contributed by atoms with van der Waals surface area (Å²) in [5.41, 5.74) is 9.14. The average molecular weight is 799 g/mol. The van der Waals surface area contributed by atoms with Gasteiger partial charge in [-0.25, -0.2) is 0 Å². The second-order valence-electron chi connectivity index (χ2n) is 16.0. The molecule has 61 heavy (non-hydrogen) atoms. The monoisotopic (exact) mass is 798 g/mol. The van der Waals surface area contributed by atoms with Gasteiger partial charge in [0, 0.05) is 22.3 Å². The van der Waals surface area contributed by atoms with E-state index in [1.165, 1.54) is 65.3 Å². The summed E-state index contributed by atoms with van der Waals surface area (Å²) in [6, 6.07) is 59.5. The molecule has 0 N–H and O–H groups in total. The van der Waals surface area contributed by atoms with Crippen LogP contribution >= 0.6 is 0 Å². The second-order valence-corrected chi connectivity index (χ2v) is 16.0. The van der Waals surface area contributed by atoms with Gasteiger partial charge in [-0.15, -0.1) is 0 Å². The van der Waals surface area contributed by atoms with E-state index in [0.717, 1.165) is 72.3 Å². The Balaban J connectivity index is 1.47. The lowest BCUT2D eigenvalue weighted by atomic mass is 9.82. The third-order valence-corrected chi connectivity index (χ3v) is 11.9. The van der Waals surface area contributed by atoms with Gasteiger partial charge in [-0.2, -0.15) is 0 Å². The van der Waals surface area contributed by atoms with Gasteiger partial charge >= 0.3 is 0 Å². The Morgan fingerprint density at radius 3 is 0.852 bits per heavy atom. The summed E-state index contributed by atoms with van der Waals surface area (Å²) >= 11 is 0. The van der Waals surface area contributed by atoms with Gasteiger partial charge in [0.05, 0.1) is 19.8 Å². The first-order valence-corrected chi connectivity index (χ1v) is 22.3. The molecule has 0 spiro atoms. The van der Waals surface area contributed by atoms with Crippen LogP contribution in [0.25, 0.3) is 87.6 Å². The molecule has 0 saturated heterocycles. The summed E-state index contributed by atoms with van der Waals surface area (Å²) in [7, 11) is 0. The molecule has 0 radical (unpaired) electrons. The summed E-state index contributed by atoms with van der Waals surface area (Å²) in [6.45, 7) is 8.32. The van der Waals surface area contributed by atoms with E-state index in [1.807, 2.05) is 0 Å². The molecule has 0 atom stereocenters. The lowest BCUT2D eigenvalue weighted by Crippen LogP contribution is -2.09. The molecule has 0 unspecified atom stereocenters. The van der Waals surface area contributed by atoms with Crippen molar-refractivity contribution < 1.29 is 14.2 Å². The quantitative estimate of drug-likeness (QED) is 0.0720. The van der Waals surface area contributed by atoms with Crippen molar-refractivity contribution in [2.45, 2.75) is 59.3 Å². The van der Waals surface area contributed by atoms with E-state index in [2.05, 4.69) is 185 Å². The Bertz CT molecular complexity index is 2640. The van der Waals surface area contributed by atoms with Gasteiger partial charge in [0.1, 0.15) is 0 Å². The number of hydrogen-bond acceptors (Lipinski definition) is 3. The van der Waals surface area contributed by atoms with E-state index in [1.54, 1.807) is 0 Å². The van der Waals surface area contributed by atoms with Crippen molar-refractivity contribution in [1.82, 2.24) is 0 Å². The van der Waals surface area contributed by atoms with Gasteiger partial charge in [0.15, 0.2) is 11.5 Å². The minimum absolute atomic E-state index is 0.552. The highest BCUT2D eigenvalue weighted by Gasteiger charge is 2.29. The summed E-state index contributed by atoms with van der Waals surface area (Å²) < 4.78 is 21.3. The molecule has 0 aliphatic rings. The van der Waals surface area contributed by atoms with Gasteiger partial charge in [0.2, 0.25) is 5.75 Å². The van der Waals surface area contributed by atoms with Crippen LogP contribution in [0.4, 0.5) is 0 Å². The smallest absolute Gasteiger partial charge is 0.204 e. The van der Waals surface area contributed by atoms with E-state index in [9.17, 15) is 0 Å². The minimum Gasteiger partial charge on any atom is -0.489 e. The van der Waals surface area contributed by atoms with Crippen LogP contribution in [0.2, 0.25) is 0 Å². The van der Waals surface area contributed by atoms with Crippen molar-refractivity contribution in [3.8, 4) is 61.8 Å². The first-order chi connectivity index (χ1) is 30.2. The molecule has 0 aromatic heterocycles. The fraction of sp³-hybridized carbons (Fsp3) is 0.207. The zero-order valence-electron chi connectivity index (χ0n) is 35.7. The lowest BCUT2D eigenvalue weighted by molar-refractivity contribution is 0.238. The molecule has 0 aliphatic carbocycles. The van der Waals surface area contributed by atoms with E-state index in [-0.39, 0.29) is 0 Å². The molecule has 0 amide bonds. The predicted molar refractivity (Wildman–Crippen MR) is 259 cm³/mol. The van der Waals surface area contributed by atoms with Crippen LogP contribution in [0.15, 0.2) is 164 Å². The summed E-state index contributed by atoms with van der Waals surface area (Å²) in [5.74, 6) is 2.18. The molecule has 0 bridgehead atoms. The average Bonchev–Trinajstić information content (AvgIpc) is 3.31. The maximum atomic E-state index is 7.09. The van der Waals surface area contributed by atoms with Crippen LogP contribution in [0, 0.1) is 0 Å². The van der Waals surface area contributed by atoms with E-state index < -0.39 is 0 Å². The number of benzene rings is 9. The number of ether oxygens (including phenoxy) is 3. The Labute approximate surface area is 360 Å². The molecule has 9 aromatic rings. The Morgan fingerprint density at radius 2 is 0.557 bits per heavy atom. The predicted octanol–water partition coefficient (Wildman–Crippen LogP) is 16.5. The number of hydrogen-bond donors (Lipinski definition) is 0. The summed E-state index contributed by atoms with van der Waals surface area (Å²) in [5, 5.41) is 9.46. The molecule has 0 fully saturated rings. The fourth-order valence-electron chi connectivity index (χ4n) is 9.04. The Hall–Kier alpha value is -6.58. The standard InChI is InChI=1S/C58H54O3/c1-4-7-36-59-56-50(54-46-32-20-16-28-42(46)52(40-24-12-10-13-25-40)43-29-17-21-33-47(43)54)39-51(57(60-37-8-5-2)58(56)61-38-9-6-3)55-48-34-22-18-30-44(48)53(41-26-14-11-15-27-41)45-31-19-23-35-49(45)55/h10-35,39H,4-9,36-38H2,1-3H3. The van der Waals surface area contributed by atoms with Gasteiger partial charge in [-0.1, -0.05) is 198 Å². The highest BCUT2D eigenvalue weighted by atomic mass is 16.5. The van der Waals surface area contributed by atoms with E-state index in [0.29, 0.717) is 25.6 Å². The van der Waals surface area contributed by atoms with Crippen molar-refractivity contribution >= 4 is 43.1 Å². The van der Waals surface area contributed by atoms with Gasteiger partial charge < -0.3 is 14.2 Å². The molecule has 0 saturated carbocycles. The van der Waals surface area contributed by atoms with Crippen LogP contribution in [-0.2, 0) is 0 Å². The fourth-order valence-corrected chi connectivity index (χ4v) is 9.04. The molecule has 3 nitrogen and oxygen atoms in total. The van der Waals surface area contributed by atoms with Crippen LogP contribution in [0.5, 0.6) is 17.2 Å². The van der Waals surface area contributed by atoms with Crippen molar-refractivity contribution in [3.05, 3.63) is 164 Å². The zero-order valence-corrected chi connectivity index (χ0v) is 35.7. The van der Waals surface area contributed by atoms with Crippen LogP contribution in [-0.4, -0.2) is 19.8 Å². The van der Waals surface area contributed by atoms with E-state index >= 15 is 0 Å². The van der Waals surface area contributed by atoms with E-state index in [4.69, 9.17) is 14.2 Å². The van der Waals surface area contributed by atoms with Gasteiger partial charge in [0.25, 0.3) is 0 Å². The highest BCUT2D eigenvalue weighted by molar-refractivity contribution is 6.24. The van der Waals surface area contributed by atoms with Gasteiger partial charge in [-0.05, 0) is 90.7 Å². The minimum atomic E-state index is 0.552. The zero-order chi connectivity index (χ0) is 41.5. The van der Waals surface area contributed by atoms with Crippen LogP contribution in [0.3, 0.4) is 0 Å². The topological polar surface area (TPSA) is 27.7 Å². The molecule has 9 rings (SSSR count). The maximum absolute atomic E-state index is 7.09. The third-order valence-electron chi connectivity index (χ3n) is 11.9. The highest BCUT2D eigenvalue weighted by Crippen LogP contribution is 2.56. The third kappa shape index (κ3) is 7.59. The molecule has 0 aliphatic heterocycles. The van der Waals surface area contributed by atoms with Crippen molar-refractivity contribution in [1.29, 1.82) is 0 Å². The SMILES string of the molecule is CCCCOc1c(-c2c3ccccc3c(-c3ccccc3)c3ccccc23)cc(-c2c3ccccc3c(-c3ccccc3)c3ccccc23)c(OCCCC)c1OCCCC. The molecule has 304 valence electrons. The molecular formula is C58H54O3. The Morgan fingerprint density at radius 1 is 0.295 bits per heavy atom. The number of fused-ring (bicyclic) bond motifs is 4. The number of unbranched alkanes of at least 4 members (excludes halogenated alkanes) is 3. The summed E-state index contributed by atoms with van der Waals surface area (Å²) in [4.78, 5) is 0. The molecule has 9 aromatic carbocycles. The Kier molecular flexibility index (Phi) is 12.0. The largest absolute Gasteiger partial charge is 0.489 e. The summed E-state index contributed by atoms with van der Waals surface area (Å²) in [6.07, 6.45) is 5.80. The lowest BCUT2D eigenvalue weighted by Gasteiger charge is -2.26. The van der Waals surface area contributed by atoms with Crippen LogP contribution < -0.4 is 14.2 Å². The van der Waals surface area contributed by atoms with Crippen molar-refractivity contribution in [2.24, 2.45) is 0 Å². The molecule has 3 heteroatoms. The maximum Gasteiger partial charge on any atom is 0.204 e. The first-order valence-electron chi connectivity index (χ1n) is 22.3.